The van der Waals surface area contributed by atoms with Gasteiger partial charge in [0.25, 0.3) is 5.91 Å². The van der Waals surface area contributed by atoms with Crippen molar-refractivity contribution in [2.45, 2.75) is 6.04 Å². The minimum absolute atomic E-state index is 0.0905. The summed E-state index contributed by atoms with van der Waals surface area (Å²) >= 11 is 3.27. The molecule has 3 nitrogen and oxygen atoms in total. The van der Waals surface area contributed by atoms with Crippen molar-refractivity contribution < 1.29 is 9.53 Å². The normalized spacial score (nSPS) is 11.9. The molecule has 5 heteroatoms. The maximum Gasteiger partial charge on any atom is 0.252 e. The molecule has 1 N–H and O–H groups in total. The lowest BCUT2D eigenvalue weighted by atomic mass is 10.1. The van der Waals surface area contributed by atoms with E-state index in [1.54, 1.807) is 54.0 Å². The molecule has 0 spiro atoms. The largest absolute Gasteiger partial charge is 0.497 e. The first-order valence-corrected chi connectivity index (χ1v) is 8.60. The van der Waals surface area contributed by atoms with Gasteiger partial charge in [0.2, 0.25) is 0 Å². The van der Waals surface area contributed by atoms with Gasteiger partial charge in [0, 0.05) is 10.4 Å². The molecule has 0 aliphatic carbocycles. The average Bonchev–Trinajstić information content (AvgIpc) is 3.26. The van der Waals surface area contributed by atoms with E-state index in [-0.39, 0.29) is 11.9 Å². The third-order valence-corrected chi connectivity index (χ3v) is 4.97. The zero-order valence-corrected chi connectivity index (χ0v) is 13.6. The molecule has 1 unspecified atom stereocenters. The molecule has 0 saturated carbocycles. The van der Waals surface area contributed by atoms with Crippen molar-refractivity contribution in [2.75, 3.05) is 7.11 Å². The number of amides is 1. The Morgan fingerprint density at radius 2 is 1.95 bits per heavy atom. The van der Waals surface area contributed by atoms with E-state index in [2.05, 4.69) is 10.7 Å². The molecule has 0 aliphatic heterocycles. The molecule has 2 aromatic heterocycles. The third-order valence-electron chi connectivity index (χ3n) is 3.33. The highest BCUT2D eigenvalue weighted by molar-refractivity contribution is 7.10. The summed E-state index contributed by atoms with van der Waals surface area (Å²) in [6, 6.07) is 13.1. The second-order valence-corrected chi connectivity index (χ2v) is 6.47. The van der Waals surface area contributed by atoms with Gasteiger partial charge in [-0.2, -0.15) is 11.3 Å². The summed E-state index contributed by atoms with van der Waals surface area (Å²) in [5.74, 6) is 0.649. The van der Waals surface area contributed by atoms with E-state index in [9.17, 15) is 4.79 Å². The summed E-state index contributed by atoms with van der Waals surface area (Å²) in [4.78, 5) is 13.6. The quantitative estimate of drug-likeness (QED) is 0.756. The molecular formula is C17H15NO2S2. The van der Waals surface area contributed by atoms with Gasteiger partial charge in [0.1, 0.15) is 5.75 Å². The van der Waals surface area contributed by atoms with Crippen molar-refractivity contribution in [1.82, 2.24) is 5.32 Å². The fraction of sp³-hybridized carbons (Fsp3) is 0.118. The summed E-state index contributed by atoms with van der Waals surface area (Å²) in [5, 5.41) is 9.23. The highest BCUT2D eigenvalue weighted by atomic mass is 32.1. The van der Waals surface area contributed by atoms with Crippen molar-refractivity contribution in [3.05, 3.63) is 74.6 Å². The predicted molar refractivity (Wildman–Crippen MR) is 90.9 cm³/mol. The van der Waals surface area contributed by atoms with Crippen molar-refractivity contribution >= 4 is 28.6 Å². The molecule has 1 amide bonds. The smallest absolute Gasteiger partial charge is 0.252 e. The van der Waals surface area contributed by atoms with Gasteiger partial charge in [0.15, 0.2) is 0 Å². The molecule has 0 radical (unpaired) electrons. The number of benzene rings is 1. The lowest BCUT2D eigenvalue weighted by Crippen LogP contribution is -2.28. The van der Waals surface area contributed by atoms with Gasteiger partial charge in [0.05, 0.1) is 13.2 Å². The number of rotatable bonds is 5. The zero-order chi connectivity index (χ0) is 15.4. The van der Waals surface area contributed by atoms with Gasteiger partial charge >= 0.3 is 0 Å². The topological polar surface area (TPSA) is 38.3 Å². The van der Waals surface area contributed by atoms with Crippen LogP contribution in [0.5, 0.6) is 5.75 Å². The molecule has 22 heavy (non-hydrogen) atoms. The van der Waals surface area contributed by atoms with Gasteiger partial charge < -0.3 is 10.1 Å². The predicted octanol–water partition coefficient (Wildman–Crippen LogP) is 4.34. The maximum absolute atomic E-state index is 12.5. The van der Waals surface area contributed by atoms with Crippen LogP contribution in [-0.4, -0.2) is 13.0 Å². The summed E-state index contributed by atoms with van der Waals surface area (Å²) in [5.41, 5.74) is 1.73. The Labute approximate surface area is 137 Å². The first kappa shape index (κ1) is 14.8. The second kappa shape index (κ2) is 6.77. The number of thiophene rings is 2. The van der Waals surface area contributed by atoms with E-state index in [0.717, 1.165) is 16.2 Å². The molecule has 3 rings (SSSR count). The van der Waals surface area contributed by atoms with Crippen LogP contribution in [0, 0.1) is 0 Å². The Bertz CT molecular complexity index is 684. The SMILES string of the molecule is COc1ccc(C(=O)NC(c2ccsc2)c2cccs2)cc1. The van der Waals surface area contributed by atoms with Crippen molar-refractivity contribution in [3.63, 3.8) is 0 Å². The molecule has 0 fully saturated rings. The summed E-state index contributed by atoms with van der Waals surface area (Å²) in [6.45, 7) is 0. The second-order valence-electron chi connectivity index (χ2n) is 4.71. The summed E-state index contributed by atoms with van der Waals surface area (Å²) in [6.07, 6.45) is 0. The van der Waals surface area contributed by atoms with E-state index in [1.165, 1.54) is 0 Å². The summed E-state index contributed by atoms with van der Waals surface area (Å²) in [7, 11) is 1.61. The molecule has 0 aliphatic rings. The highest BCUT2D eigenvalue weighted by Crippen LogP contribution is 2.28. The van der Waals surface area contributed by atoms with Gasteiger partial charge in [-0.25, -0.2) is 0 Å². The van der Waals surface area contributed by atoms with Crippen LogP contribution in [0.1, 0.15) is 26.8 Å². The van der Waals surface area contributed by atoms with Gasteiger partial charge in [-0.3, -0.25) is 4.79 Å². The van der Waals surface area contributed by atoms with E-state index in [4.69, 9.17) is 4.74 Å². The third kappa shape index (κ3) is 3.21. The monoisotopic (exact) mass is 329 g/mol. The van der Waals surface area contributed by atoms with Gasteiger partial charge in [-0.15, -0.1) is 11.3 Å². The van der Waals surface area contributed by atoms with E-state index in [0.29, 0.717) is 5.56 Å². The van der Waals surface area contributed by atoms with Crippen molar-refractivity contribution in [3.8, 4) is 5.75 Å². The lowest BCUT2D eigenvalue weighted by Gasteiger charge is -2.16. The van der Waals surface area contributed by atoms with E-state index < -0.39 is 0 Å². The number of nitrogens with one attached hydrogen (secondary N) is 1. The fourth-order valence-corrected chi connectivity index (χ4v) is 3.66. The van der Waals surface area contributed by atoms with Crippen LogP contribution < -0.4 is 10.1 Å². The molecule has 112 valence electrons. The first-order chi connectivity index (χ1) is 10.8. The molecule has 3 aromatic rings. The van der Waals surface area contributed by atoms with Gasteiger partial charge in [-0.05, 0) is 58.1 Å². The number of carbonyl (C=O) groups excluding carboxylic acids is 1. The van der Waals surface area contributed by atoms with Gasteiger partial charge in [-0.1, -0.05) is 6.07 Å². The Morgan fingerprint density at radius 1 is 1.14 bits per heavy atom. The highest BCUT2D eigenvalue weighted by Gasteiger charge is 2.19. The fourth-order valence-electron chi connectivity index (χ4n) is 2.17. The standard InChI is InChI=1S/C17H15NO2S2/c1-20-14-6-4-12(5-7-14)17(19)18-16(13-8-10-21-11-13)15-3-2-9-22-15/h2-11,16H,1H3,(H,18,19). The lowest BCUT2D eigenvalue weighted by molar-refractivity contribution is 0.0943. The van der Waals surface area contributed by atoms with Crippen LogP contribution in [0.3, 0.4) is 0 Å². The molecule has 0 bridgehead atoms. The average molecular weight is 329 g/mol. The Balaban J connectivity index is 1.82. The van der Waals surface area contributed by atoms with Crippen LogP contribution in [0.15, 0.2) is 58.6 Å². The zero-order valence-electron chi connectivity index (χ0n) is 12.0. The molecule has 0 saturated heterocycles. The van der Waals surface area contributed by atoms with Crippen LogP contribution in [0.25, 0.3) is 0 Å². The number of methoxy groups -OCH3 is 1. The Kier molecular flexibility index (Phi) is 4.56. The number of ether oxygens (including phenoxy) is 1. The van der Waals surface area contributed by atoms with Crippen LogP contribution in [-0.2, 0) is 0 Å². The van der Waals surface area contributed by atoms with Crippen molar-refractivity contribution in [2.24, 2.45) is 0 Å². The first-order valence-electron chi connectivity index (χ1n) is 6.78. The maximum atomic E-state index is 12.5. The number of hydrogen-bond acceptors (Lipinski definition) is 4. The Hall–Kier alpha value is -2.11. The number of carbonyl (C=O) groups is 1. The molecule has 2 heterocycles. The molecular weight excluding hydrogens is 314 g/mol. The molecule has 1 atom stereocenters. The minimum atomic E-state index is -0.110. The molecule has 1 aromatic carbocycles. The van der Waals surface area contributed by atoms with Crippen LogP contribution in [0.2, 0.25) is 0 Å². The van der Waals surface area contributed by atoms with Crippen LogP contribution >= 0.6 is 22.7 Å². The summed E-state index contributed by atoms with van der Waals surface area (Å²) < 4.78 is 5.12. The van der Waals surface area contributed by atoms with E-state index >= 15 is 0 Å². The minimum Gasteiger partial charge on any atom is -0.497 e. The Morgan fingerprint density at radius 3 is 2.55 bits per heavy atom. The van der Waals surface area contributed by atoms with Crippen LogP contribution in [0.4, 0.5) is 0 Å². The van der Waals surface area contributed by atoms with E-state index in [1.807, 2.05) is 29.0 Å². The number of hydrogen-bond donors (Lipinski definition) is 1. The van der Waals surface area contributed by atoms with Crippen molar-refractivity contribution in [1.29, 1.82) is 0 Å².